The van der Waals surface area contributed by atoms with E-state index in [9.17, 15) is 0 Å². The summed E-state index contributed by atoms with van der Waals surface area (Å²) in [6.45, 7) is 4.84. The summed E-state index contributed by atoms with van der Waals surface area (Å²) >= 11 is 0. The molecule has 1 atom stereocenters. The molecule has 3 heterocycles. The number of pyridine rings is 1. The van der Waals surface area contributed by atoms with Crippen LogP contribution in [-0.2, 0) is 15.9 Å². The fourth-order valence-electron chi connectivity index (χ4n) is 3.23. The van der Waals surface area contributed by atoms with Crippen LogP contribution in [-0.4, -0.2) is 79.1 Å². The summed E-state index contributed by atoms with van der Waals surface area (Å²) in [6.07, 6.45) is 3.91. The van der Waals surface area contributed by atoms with Crippen molar-refractivity contribution in [3.8, 4) is 0 Å². The maximum absolute atomic E-state index is 5.66. The van der Waals surface area contributed by atoms with Crippen molar-refractivity contribution < 1.29 is 9.47 Å². The van der Waals surface area contributed by atoms with Crippen LogP contribution in [0, 0.1) is 5.92 Å². The standard InChI is InChI=1S/C18H28N6O2/c1-19-18(23-10-7-15(13-23)14-26-12-11-25-2)20-8-6-17-22-21-16-5-3-4-9-24(16)17/h3-5,9,15H,6-8,10-14H2,1-2H3,(H,19,20). The Hall–Kier alpha value is -2.19. The summed E-state index contributed by atoms with van der Waals surface area (Å²) in [7, 11) is 3.52. The molecule has 1 unspecified atom stereocenters. The minimum Gasteiger partial charge on any atom is -0.382 e. The van der Waals surface area contributed by atoms with Gasteiger partial charge in [0.2, 0.25) is 0 Å². The van der Waals surface area contributed by atoms with Crippen LogP contribution in [0.15, 0.2) is 29.4 Å². The maximum atomic E-state index is 5.66. The summed E-state index contributed by atoms with van der Waals surface area (Å²) < 4.78 is 12.7. The Morgan fingerprint density at radius 1 is 1.35 bits per heavy atom. The number of nitrogens with one attached hydrogen (secondary N) is 1. The first-order chi connectivity index (χ1) is 12.8. The summed E-state index contributed by atoms with van der Waals surface area (Å²) in [5.41, 5.74) is 0.878. The topological polar surface area (TPSA) is 76.3 Å². The van der Waals surface area contributed by atoms with Crippen molar-refractivity contribution in [2.75, 3.05) is 53.6 Å². The molecular weight excluding hydrogens is 332 g/mol. The van der Waals surface area contributed by atoms with E-state index < -0.39 is 0 Å². The third-order valence-electron chi connectivity index (χ3n) is 4.60. The van der Waals surface area contributed by atoms with Crippen molar-refractivity contribution in [2.45, 2.75) is 12.8 Å². The van der Waals surface area contributed by atoms with Crippen molar-refractivity contribution >= 4 is 11.6 Å². The van der Waals surface area contributed by atoms with Gasteiger partial charge in [-0.05, 0) is 18.6 Å². The van der Waals surface area contributed by atoms with Crippen LogP contribution >= 0.6 is 0 Å². The molecule has 2 aromatic rings. The number of rotatable bonds is 8. The number of hydrogen-bond donors (Lipinski definition) is 1. The summed E-state index contributed by atoms with van der Waals surface area (Å²) in [5.74, 6) is 2.44. The van der Waals surface area contributed by atoms with Gasteiger partial charge in [-0.1, -0.05) is 6.07 Å². The Morgan fingerprint density at radius 3 is 3.12 bits per heavy atom. The third kappa shape index (κ3) is 4.70. The first kappa shape index (κ1) is 18.6. The molecule has 1 fully saturated rings. The van der Waals surface area contributed by atoms with Gasteiger partial charge in [-0.15, -0.1) is 10.2 Å². The van der Waals surface area contributed by atoms with E-state index in [0.29, 0.717) is 19.1 Å². The molecule has 2 aromatic heterocycles. The van der Waals surface area contributed by atoms with Crippen LogP contribution in [0.3, 0.4) is 0 Å². The normalized spacial score (nSPS) is 18.0. The number of methoxy groups -OCH3 is 1. The monoisotopic (exact) mass is 360 g/mol. The molecule has 1 aliphatic heterocycles. The summed E-state index contributed by atoms with van der Waals surface area (Å²) in [4.78, 5) is 6.72. The third-order valence-corrected chi connectivity index (χ3v) is 4.60. The lowest BCUT2D eigenvalue weighted by atomic mass is 10.1. The second kappa shape index (κ2) is 9.49. The van der Waals surface area contributed by atoms with Crippen molar-refractivity contribution in [1.82, 2.24) is 24.8 Å². The lowest BCUT2D eigenvalue weighted by molar-refractivity contribution is 0.0536. The van der Waals surface area contributed by atoms with Crippen LogP contribution < -0.4 is 5.32 Å². The summed E-state index contributed by atoms with van der Waals surface area (Å²) in [6, 6.07) is 5.92. The zero-order valence-corrected chi connectivity index (χ0v) is 15.6. The van der Waals surface area contributed by atoms with E-state index in [2.05, 4.69) is 25.4 Å². The smallest absolute Gasteiger partial charge is 0.193 e. The first-order valence-electron chi connectivity index (χ1n) is 9.12. The highest BCUT2D eigenvalue weighted by molar-refractivity contribution is 5.80. The van der Waals surface area contributed by atoms with Gasteiger partial charge >= 0.3 is 0 Å². The van der Waals surface area contributed by atoms with Crippen LogP contribution in [0.2, 0.25) is 0 Å². The highest BCUT2D eigenvalue weighted by Gasteiger charge is 2.24. The Bertz CT molecular complexity index is 717. The molecule has 1 N–H and O–H groups in total. The molecule has 0 aromatic carbocycles. The molecule has 0 bridgehead atoms. The highest BCUT2D eigenvalue weighted by atomic mass is 16.5. The molecule has 3 rings (SSSR count). The van der Waals surface area contributed by atoms with Gasteiger partial charge in [-0.25, -0.2) is 0 Å². The van der Waals surface area contributed by atoms with Crippen LogP contribution in [0.4, 0.5) is 0 Å². The van der Waals surface area contributed by atoms with Gasteiger partial charge in [-0.2, -0.15) is 0 Å². The van der Waals surface area contributed by atoms with Gasteiger partial charge in [0.25, 0.3) is 0 Å². The predicted molar refractivity (Wildman–Crippen MR) is 100 cm³/mol. The molecule has 8 nitrogen and oxygen atoms in total. The van der Waals surface area contributed by atoms with E-state index >= 15 is 0 Å². The largest absolute Gasteiger partial charge is 0.382 e. The molecule has 8 heteroatoms. The number of ether oxygens (including phenoxy) is 2. The van der Waals surface area contributed by atoms with Crippen molar-refractivity contribution in [3.63, 3.8) is 0 Å². The zero-order chi connectivity index (χ0) is 18.2. The number of fused-ring (bicyclic) bond motifs is 1. The fourth-order valence-corrected chi connectivity index (χ4v) is 3.23. The van der Waals surface area contributed by atoms with E-state index in [0.717, 1.165) is 56.5 Å². The average molecular weight is 360 g/mol. The van der Waals surface area contributed by atoms with E-state index in [1.807, 2.05) is 35.8 Å². The Kier molecular flexibility index (Phi) is 6.79. The highest BCUT2D eigenvalue weighted by Crippen LogP contribution is 2.16. The van der Waals surface area contributed by atoms with Gasteiger partial charge in [-0.3, -0.25) is 9.39 Å². The van der Waals surface area contributed by atoms with Gasteiger partial charge in [0.1, 0.15) is 5.82 Å². The molecular formula is C18H28N6O2. The number of hydrogen-bond acceptors (Lipinski definition) is 5. The lowest BCUT2D eigenvalue weighted by Gasteiger charge is -2.21. The van der Waals surface area contributed by atoms with Gasteiger partial charge in [0.15, 0.2) is 11.6 Å². The maximum Gasteiger partial charge on any atom is 0.193 e. The minimum atomic E-state index is 0.547. The van der Waals surface area contributed by atoms with Gasteiger partial charge in [0, 0.05) is 52.3 Å². The van der Waals surface area contributed by atoms with Crippen molar-refractivity contribution in [3.05, 3.63) is 30.2 Å². The molecule has 0 radical (unpaired) electrons. The molecule has 142 valence electrons. The Morgan fingerprint density at radius 2 is 2.27 bits per heavy atom. The second-order valence-corrected chi connectivity index (χ2v) is 6.44. The van der Waals surface area contributed by atoms with E-state index in [4.69, 9.17) is 9.47 Å². The van der Waals surface area contributed by atoms with Crippen LogP contribution in [0.1, 0.15) is 12.2 Å². The number of aromatic nitrogens is 3. The number of guanidine groups is 1. The molecule has 0 saturated carbocycles. The summed E-state index contributed by atoms with van der Waals surface area (Å²) in [5, 5.41) is 11.9. The zero-order valence-electron chi connectivity index (χ0n) is 15.6. The van der Waals surface area contributed by atoms with E-state index in [1.54, 1.807) is 7.11 Å². The van der Waals surface area contributed by atoms with E-state index in [1.165, 1.54) is 0 Å². The predicted octanol–water partition coefficient (Wildman–Crippen LogP) is 0.832. The molecule has 1 aliphatic rings. The van der Waals surface area contributed by atoms with E-state index in [-0.39, 0.29) is 0 Å². The second-order valence-electron chi connectivity index (χ2n) is 6.44. The molecule has 26 heavy (non-hydrogen) atoms. The minimum absolute atomic E-state index is 0.547. The average Bonchev–Trinajstić information content (AvgIpc) is 3.30. The fraction of sp³-hybridized carbons (Fsp3) is 0.611. The van der Waals surface area contributed by atoms with Gasteiger partial charge < -0.3 is 19.7 Å². The first-order valence-corrected chi connectivity index (χ1v) is 9.12. The molecule has 0 spiro atoms. The molecule has 0 aliphatic carbocycles. The number of nitrogens with zero attached hydrogens (tertiary/aromatic N) is 5. The quantitative estimate of drug-likeness (QED) is 0.427. The van der Waals surface area contributed by atoms with Crippen LogP contribution in [0.25, 0.3) is 5.65 Å². The lowest BCUT2D eigenvalue weighted by Crippen LogP contribution is -2.41. The Balaban J connectivity index is 1.44. The molecule has 0 amide bonds. The van der Waals surface area contributed by atoms with Crippen molar-refractivity contribution in [1.29, 1.82) is 0 Å². The van der Waals surface area contributed by atoms with Crippen molar-refractivity contribution in [2.24, 2.45) is 10.9 Å². The van der Waals surface area contributed by atoms with Crippen LogP contribution in [0.5, 0.6) is 0 Å². The number of likely N-dealkylation sites (tertiary alicyclic amines) is 1. The Labute approximate surface area is 154 Å². The van der Waals surface area contributed by atoms with Gasteiger partial charge in [0.05, 0.1) is 19.8 Å². The number of aliphatic imine (C=N–C) groups is 1. The molecule has 1 saturated heterocycles. The SMILES string of the molecule is CN=C(NCCc1nnc2ccccn12)N1CCC(COCCOC)C1.